The number of ether oxygens (including phenoxy) is 2. The second-order valence-corrected chi connectivity index (χ2v) is 7.94. The molecule has 1 unspecified atom stereocenters. The van der Waals surface area contributed by atoms with Crippen LogP contribution >= 0.6 is 11.3 Å². The molecule has 1 atom stereocenters. The van der Waals surface area contributed by atoms with Gasteiger partial charge in [-0.15, -0.1) is 11.3 Å². The Morgan fingerprint density at radius 2 is 2.12 bits per heavy atom. The van der Waals surface area contributed by atoms with Crippen LogP contribution in [0, 0.1) is 0 Å². The maximum atomic E-state index is 13.3. The Hall–Kier alpha value is -3.78. The van der Waals surface area contributed by atoms with Gasteiger partial charge in [-0.1, -0.05) is 24.8 Å². The first-order valence-corrected chi connectivity index (χ1v) is 10.7. The van der Waals surface area contributed by atoms with E-state index in [4.69, 9.17) is 13.9 Å². The summed E-state index contributed by atoms with van der Waals surface area (Å²) in [6.45, 7) is 4.02. The zero-order chi connectivity index (χ0) is 22.7. The van der Waals surface area contributed by atoms with Gasteiger partial charge >= 0.3 is 0 Å². The first-order chi connectivity index (χ1) is 15.5. The van der Waals surface area contributed by atoms with E-state index in [-0.39, 0.29) is 12.1 Å². The largest absolute Gasteiger partial charge is 0.503 e. The van der Waals surface area contributed by atoms with Gasteiger partial charge in [0.1, 0.15) is 12.4 Å². The molecule has 0 saturated heterocycles. The number of thiophene rings is 1. The van der Waals surface area contributed by atoms with Crippen molar-refractivity contribution in [2.24, 2.45) is 0 Å². The van der Waals surface area contributed by atoms with Crippen molar-refractivity contribution < 1.29 is 28.6 Å². The summed E-state index contributed by atoms with van der Waals surface area (Å²) in [6.07, 6.45) is 3.12. The lowest BCUT2D eigenvalue weighted by molar-refractivity contribution is -0.130. The first-order valence-electron chi connectivity index (χ1n) is 9.81. The molecule has 164 valence electrons. The van der Waals surface area contributed by atoms with Crippen LogP contribution in [0.3, 0.4) is 0 Å². The molecule has 0 fully saturated rings. The van der Waals surface area contributed by atoms with E-state index in [1.165, 1.54) is 29.6 Å². The number of aliphatic hydroxyl groups is 1. The SMILES string of the molecule is C=CCOc1ccc(C2C(C(=O)c3cccs3)=C(O)C(=O)N2Cc2ccco2)cc1OC. The second kappa shape index (κ2) is 9.15. The number of rotatable bonds is 9. The average Bonchev–Trinajstić information content (AvgIpc) is 3.56. The van der Waals surface area contributed by atoms with Gasteiger partial charge in [0.05, 0.1) is 36.4 Å². The monoisotopic (exact) mass is 451 g/mol. The number of nitrogens with zero attached hydrogens (tertiary/aromatic N) is 1. The van der Waals surface area contributed by atoms with E-state index in [0.717, 1.165) is 0 Å². The molecule has 1 N–H and O–H groups in total. The Bertz CT molecular complexity index is 1160. The molecule has 1 amide bonds. The third-order valence-electron chi connectivity index (χ3n) is 5.06. The number of carbonyl (C=O) groups excluding carboxylic acids is 2. The minimum atomic E-state index is -0.829. The number of carbonyl (C=O) groups is 2. The zero-order valence-corrected chi connectivity index (χ0v) is 18.1. The molecular formula is C24H21NO6S. The maximum Gasteiger partial charge on any atom is 0.290 e. The molecule has 1 aliphatic heterocycles. The van der Waals surface area contributed by atoms with E-state index in [1.54, 1.807) is 53.9 Å². The lowest BCUT2D eigenvalue weighted by Crippen LogP contribution is -2.30. The molecule has 4 rings (SSSR count). The van der Waals surface area contributed by atoms with Crippen LogP contribution in [0.2, 0.25) is 0 Å². The maximum absolute atomic E-state index is 13.3. The zero-order valence-electron chi connectivity index (χ0n) is 17.3. The molecule has 2 aromatic heterocycles. The highest BCUT2D eigenvalue weighted by Crippen LogP contribution is 2.42. The van der Waals surface area contributed by atoms with Crippen molar-refractivity contribution in [1.82, 2.24) is 4.90 Å². The number of ketones is 1. The van der Waals surface area contributed by atoms with E-state index >= 15 is 0 Å². The van der Waals surface area contributed by atoms with Crippen LogP contribution in [0.25, 0.3) is 0 Å². The van der Waals surface area contributed by atoms with Crippen LogP contribution < -0.4 is 9.47 Å². The summed E-state index contributed by atoms with van der Waals surface area (Å²) >= 11 is 1.25. The predicted molar refractivity (Wildman–Crippen MR) is 119 cm³/mol. The van der Waals surface area contributed by atoms with Gasteiger partial charge in [0.15, 0.2) is 17.3 Å². The Kier molecular flexibility index (Phi) is 6.13. The summed E-state index contributed by atoms with van der Waals surface area (Å²) in [6, 6.07) is 11.2. The van der Waals surface area contributed by atoms with Crippen LogP contribution in [0.4, 0.5) is 0 Å². The molecule has 0 bridgehead atoms. The number of furan rings is 1. The Morgan fingerprint density at radius 3 is 2.78 bits per heavy atom. The van der Waals surface area contributed by atoms with Crippen LogP contribution in [0.1, 0.15) is 27.0 Å². The quantitative estimate of drug-likeness (QED) is 0.375. The van der Waals surface area contributed by atoms with Gasteiger partial charge in [0, 0.05) is 0 Å². The highest BCUT2D eigenvalue weighted by molar-refractivity contribution is 7.12. The highest BCUT2D eigenvalue weighted by atomic mass is 32.1. The van der Waals surface area contributed by atoms with E-state index < -0.39 is 23.5 Å². The van der Waals surface area contributed by atoms with Gasteiger partial charge in [-0.25, -0.2) is 0 Å². The van der Waals surface area contributed by atoms with Gasteiger partial charge in [-0.05, 0) is 41.3 Å². The van der Waals surface area contributed by atoms with Gasteiger partial charge < -0.3 is 23.9 Å². The Morgan fingerprint density at radius 1 is 1.28 bits per heavy atom. The Balaban J connectivity index is 1.80. The molecule has 8 heteroatoms. The summed E-state index contributed by atoms with van der Waals surface area (Å²) in [5.41, 5.74) is 0.613. The van der Waals surface area contributed by atoms with Gasteiger partial charge in [0.25, 0.3) is 5.91 Å². The van der Waals surface area contributed by atoms with Crippen molar-refractivity contribution >= 4 is 23.0 Å². The number of aliphatic hydroxyl groups excluding tert-OH is 1. The molecule has 7 nitrogen and oxygen atoms in total. The van der Waals surface area contributed by atoms with Crippen molar-refractivity contribution in [2.75, 3.05) is 13.7 Å². The number of methoxy groups -OCH3 is 1. The number of hydrogen-bond donors (Lipinski definition) is 1. The van der Waals surface area contributed by atoms with Crippen molar-refractivity contribution in [3.05, 3.63) is 94.3 Å². The van der Waals surface area contributed by atoms with Crippen LogP contribution in [-0.2, 0) is 11.3 Å². The number of hydrogen-bond acceptors (Lipinski definition) is 7. The average molecular weight is 452 g/mol. The summed E-state index contributed by atoms with van der Waals surface area (Å²) in [4.78, 5) is 28.1. The molecule has 1 aliphatic rings. The molecule has 0 aliphatic carbocycles. The smallest absolute Gasteiger partial charge is 0.290 e. The fourth-order valence-corrected chi connectivity index (χ4v) is 4.31. The first kappa shape index (κ1) is 21.5. The molecule has 0 radical (unpaired) electrons. The normalized spacial score (nSPS) is 15.8. The number of amides is 1. The summed E-state index contributed by atoms with van der Waals surface area (Å²) in [5, 5.41) is 12.5. The van der Waals surface area contributed by atoms with Crippen molar-refractivity contribution in [3.63, 3.8) is 0 Å². The fraction of sp³-hybridized carbons (Fsp3) is 0.167. The molecule has 3 aromatic rings. The lowest BCUT2D eigenvalue weighted by Gasteiger charge is -2.26. The van der Waals surface area contributed by atoms with Crippen molar-refractivity contribution in [3.8, 4) is 11.5 Å². The summed E-state index contributed by atoms with van der Waals surface area (Å²) < 4.78 is 16.5. The topological polar surface area (TPSA) is 89.2 Å². The van der Waals surface area contributed by atoms with Crippen LogP contribution in [0.15, 0.2) is 82.5 Å². The predicted octanol–water partition coefficient (Wildman–Crippen LogP) is 4.69. The summed E-state index contributed by atoms with van der Waals surface area (Å²) in [5.74, 6) is -0.146. The van der Waals surface area contributed by atoms with E-state index in [1.807, 2.05) is 0 Å². The van der Waals surface area contributed by atoms with Crippen LogP contribution in [-0.4, -0.2) is 35.4 Å². The highest BCUT2D eigenvalue weighted by Gasteiger charge is 2.44. The third-order valence-corrected chi connectivity index (χ3v) is 5.93. The molecule has 0 saturated carbocycles. The van der Waals surface area contributed by atoms with Gasteiger partial charge in [-0.3, -0.25) is 9.59 Å². The molecule has 3 heterocycles. The van der Waals surface area contributed by atoms with Gasteiger partial charge in [0.2, 0.25) is 5.78 Å². The standard InChI is InChI=1S/C24H21NO6S/c1-3-10-31-17-9-8-15(13-18(17)29-2)21-20(22(26)19-7-5-12-32-19)23(27)24(28)25(21)14-16-6-4-11-30-16/h3-9,11-13,21,27H,1,10,14H2,2H3. The molecule has 32 heavy (non-hydrogen) atoms. The third kappa shape index (κ3) is 3.92. The number of Topliss-reactive ketones (excluding diaryl/α,β-unsaturated/α-hetero) is 1. The number of benzene rings is 1. The van der Waals surface area contributed by atoms with Crippen molar-refractivity contribution in [2.45, 2.75) is 12.6 Å². The van der Waals surface area contributed by atoms with Crippen LogP contribution in [0.5, 0.6) is 11.5 Å². The minimum Gasteiger partial charge on any atom is -0.503 e. The lowest BCUT2D eigenvalue weighted by atomic mass is 9.95. The summed E-state index contributed by atoms with van der Waals surface area (Å²) in [7, 11) is 1.51. The van der Waals surface area contributed by atoms with E-state index in [0.29, 0.717) is 34.3 Å². The molecular weight excluding hydrogens is 430 g/mol. The minimum absolute atomic E-state index is 0.0193. The Labute approximate surface area is 188 Å². The molecule has 1 aromatic carbocycles. The van der Waals surface area contributed by atoms with E-state index in [2.05, 4.69) is 6.58 Å². The second-order valence-electron chi connectivity index (χ2n) is 6.99. The van der Waals surface area contributed by atoms with Gasteiger partial charge in [-0.2, -0.15) is 0 Å². The fourth-order valence-electron chi connectivity index (χ4n) is 3.63. The van der Waals surface area contributed by atoms with E-state index in [9.17, 15) is 14.7 Å². The van der Waals surface area contributed by atoms with Crippen molar-refractivity contribution in [1.29, 1.82) is 0 Å². The molecule has 0 spiro atoms.